The molecular formula is C16H20IN3. The van der Waals surface area contributed by atoms with Gasteiger partial charge in [0.05, 0.1) is 9.26 Å². The molecule has 0 aliphatic heterocycles. The Bertz CT molecular complexity index is 555. The van der Waals surface area contributed by atoms with Crippen molar-refractivity contribution in [3.05, 3.63) is 51.0 Å². The lowest BCUT2D eigenvalue weighted by Crippen LogP contribution is -2.08. The second-order valence-electron chi connectivity index (χ2n) is 4.73. The topological polar surface area (TPSA) is 37.8 Å². The zero-order chi connectivity index (χ0) is 14.4. The van der Waals surface area contributed by atoms with Crippen LogP contribution in [0.1, 0.15) is 30.4 Å². The Hall–Kier alpha value is -1.17. The molecule has 0 spiro atoms. The maximum absolute atomic E-state index is 4.73. The minimum atomic E-state index is 0.881. The van der Waals surface area contributed by atoms with Crippen LogP contribution in [-0.2, 0) is 19.3 Å². The van der Waals surface area contributed by atoms with Gasteiger partial charge in [-0.05, 0) is 41.0 Å². The minimum absolute atomic E-state index is 0.881. The molecule has 1 N–H and O–H groups in total. The Kier molecular flexibility index (Phi) is 5.76. The molecule has 0 aliphatic carbocycles. The van der Waals surface area contributed by atoms with Crippen LogP contribution in [0.4, 0.5) is 5.82 Å². The van der Waals surface area contributed by atoms with Crippen molar-refractivity contribution in [1.29, 1.82) is 0 Å². The van der Waals surface area contributed by atoms with Crippen LogP contribution in [0.15, 0.2) is 30.3 Å². The summed E-state index contributed by atoms with van der Waals surface area (Å²) >= 11 is 2.33. The van der Waals surface area contributed by atoms with Gasteiger partial charge in [0.25, 0.3) is 0 Å². The minimum Gasteiger partial charge on any atom is -0.372 e. The number of benzene rings is 1. The van der Waals surface area contributed by atoms with Crippen molar-refractivity contribution in [2.24, 2.45) is 0 Å². The van der Waals surface area contributed by atoms with Crippen LogP contribution in [0, 0.1) is 3.57 Å². The molecule has 0 bridgehead atoms. The van der Waals surface area contributed by atoms with Crippen LogP contribution < -0.4 is 5.32 Å². The van der Waals surface area contributed by atoms with Crippen molar-refractivity contribution < 1.29 is 0 Å². The third-order valence-electron chi connectivity index (χ3n) is 3.17. The van der Waals surface area contributed by atoms with Gasteiger partial charge in [-0.3, -0.25) is 0 Å². The summed E-state index contributed by atoms with van der Waals surface area (Å²) in [6.07, 6.45) is 3.98. The lowest BCUT2D eigenvalue weighted by atomic mass is 10.1. The zero-order valence-electron chi connectivity index (χ0n) is 12.0. The molecule has 4 heteroatoms. The first-order valence-electron chi connectivity index (χ1n) is 7.01. The van der Waals surface area contributed by atoms with E-state index in [0.29, 0.717) is 0 Å². The number of aromatic nitrogens is 2. The largest absolute Gasteiger partial charge is 0.372 e. The van der Waals surface area contributed by atoms with E-state index >= 15 is 0 Å². The van der Waals surface area contributed by atoms with E-state index in [1.54, 1.807) is 0 Å². The van der Waals surface area contributed by atoms with Crippen molar-refractivity contribution in [2.45, 2.75) is 32.6 Å². The predicted molar refractivity (Wildman–Crippen MR) is 92.1 cm³/mol. The van der Waals surface area contributed by atoms with Gasteiger partial charge in [0.15, 0.2) is 0 Å². The SMILES string of the molecule is CCCc1nc(CCc2ccccc2)nc(NC)c1I. The zero-order valence-corrected chi connectivity index (χ0v) is 14.1. The molecule has 0 aliphatic rings. The van der Waals surface area contributed by atoms with Gasteiger partial charge in [-0.1, -0.05) is 43.7 Å². The van der Waals surface area contributed by atoms with Gasteiger partial charge in [0.1, 0.15) is 11.6 Å². The van der Waals surface area contributed by atoms with Gasteiger partial charge in [0, 0.05) is 13.5 Å². The average molecular weight is 381 g/mol. The smallest absolute Gasteiger partial charge is 0.143 e. The summed E-state index contributed by atoms with van der Waals surface area (Å²) in [5.74, 6) is 1.88. The molecule has 2 aromatic rings. The summed E-state index contributed by atoms with van der Waals surface area (Å²) in [5.41, 5.74) is 2.49. The summed E-state index contributed by atoms with van der Waals surface area (Å²) in [4.78, 5) is 9.35. The molecule has 20 heavy (non-hydrogen) atoms. The normalized spacial score (nSPS) is 10.6. The van der Waals surface area contributed by atoms with Crippen LogP contribution in [-0.4, -0.2) is 17.0 Å². The summed E-state index contributed by atoms with van der Waals surface area (Å²) in [6, 6.07) is 10.5. The molecule has 0 radical (unpaired) electrons. The monoisotopic (exact) mass is 381 g/mol. The van der Waals surface area contributed by atoms with Crippen LogP contribution in [0.3, 0.4) is 0 Å². The number of nitrogens with one attached hydrogen (secondary N) is 1. The fraction of sp³-hybridized carbons (Fsp3) is 0.375. The van der Waals surface area contributed by atoms with E-state index in [9.17, 15) is 0 Å². The average Bonchev–Trinajstić information content (AvgIpc) is 2.49. The van der Waals surface area contributed by atoms with E-state index in [2.05, 4.69) is 64.1 Å². The van der Waals surface area contributed by atoms with E-state index in [4.69, 9.17) is 4.98 Å². The van der Waals surface area contributed by atoms with Crippen LogP contribution in [0.25, 0.3) is 0 Å². The van der Waals surface area contributed by atoms with Crippen molar-refractivity contribution in [2.75, 3.05) is 12.4 Å². The Balaban J connectivity index is 2.16. The molecule has 106 valence electrons. The van der Waals surface area contributed by atoms with Gasteiger partial charge in [-0.25, -0.2) is 9.97 Å². The second kappa shape index (κ2) is 7.57. The Morgan fingerprint density at radius 2 is 1.80 bits per heavy atom. The Morgan fingerprint density at radius 3 is 2.45 bits per heavy atom. The molecule has 0 atom stereocenters. The maximum atomic E-state index is 4.73. The quantitative estimate of drug-likeness (QED) is 0.773. The molecule has 2 rings (SSSR count). The Morgan fingerprint density at radius 1 is 1.05 bits per heavy atom. The third-order valence-corrected chi connectivity index (χ3v) is 4.30. The number of anilines is 1. The molecule has 1 aromatic carbocycles. The number of rotatable bonds is 6. The summed E-state index contributed by atoms with van der Waals surface area (Å²) in [5, 5.41) is 3.17. The first kappa shape index (κ1) is 15.2. The highest BCUT2D eigenvalue weighted by Crippen LogP contribution is 2.20. The summed E-state index contributed by atoms with van der Waals surface area (Å²) < 4.78 is 1.15. The predicted octanol–water partition coefficient (Wildman–Crippen LogP) is 3.86. The highest BCUT2D eigenvalue weighted by Gasteiger charge is 2.10. The molecule has 0 amide bonds. The molecule has 1 aromatic heterocycles. The van der Waals surface area contributed by atoms with Crippen LogP contribution in [0.2, 0.25) is 0 Å². The number of hydrogen-bond donors (Lipinski definition) is 1. The van der Waals surface area contributed by atoms with Crippen molar-refractivity contribution in [3.8, 4) is 0 Å². The van der Waals surface area contributed by atoms with E-state index in [1.807, 2.05) is 13.1 Å². The van der Waals surface area contributed by atoms with E-state index in [-0.39, 0.29) is 0 Å². The van der Waals surface area contributed by atoms with Gasteiger partial charge >= 0.3 is 0 Å². The highest BCUT2D eigenvalue weighted by atomic mass is 127. The third kappa shape index (κ3) is 3.91. The van der Waals surface area contributed by atoms with Crippen LogP contribution in [0.5, 0.6) is 0 Å². The fourth-order valence-corrected chi connectivity index (χ4v) is 2.91. The van der Waals surface area contributed by atoms with Crippen molar-refractivity contribution in [3.63, 3.8) is 0 Å². The molecular weight excluding hydrogens is 361 g/mol. The number of halogens is 1. The van der Waals surface area contributed by atoms with Crippen LogP contribution >= 0.6 is 22.6 Å². The number of nitrogens with zero attached hydrogens (tertiary/aromatic N) is 2. The molecule has 0 saturated carbocycles. The number of aryl methyl sites for hydroxylation is 3. The summed E-state index contributed by atoms with van der Waals surface area (Å²) in [7, 11) is 1.92. The first-order valence-corrected chi connectivity index (χ1v) is 8.09. The number of hydrogen-bond acceptors (Lipinski definition) is 3. The molecule has 1 heterocycles. The van der Waals surface area contributed by atoms with Crippen molar-refractivity contribution >= 4 is 28.4 Å². The Labute approximate surface area is 134 Å². The lowest BCUT2D eigenvalue weighted by molar-refractivity contribution is 0.801. The van der Waals surface area contributed by atoms with E-state index in [1.165, 1.54) is 5.56 Å². The van der Waals surface area contributed by atoms with Gasteiger partial charge in [-0.2, -0.15) is 0 Å². The van der Waals surface area contributed by atoms with Gasteiger partial charge < -0.3 is 5.32 Å². The standard InChI is InChI=1S/C16H20IN3/c1-3-7-13-15(17)16(18-2)20-14(19-13)11-10-12-8-5-4-6-9-12/h4-6,8-9H,3,7,10-11H2,1-2H3,(H,18,19,20). The highest BCUT2D eigenvalue weighted by molar-refractivity contribution is 14.1. The van der Waals surface area contributed by atoms with Gasteiger partial charge in [0.2, 0.25) is 0 Å². The lowest BCUT2D eigenvalue weighted by Gasteiger charge is -2.10. The molecule has 0 unspecified atom stereocenters. The maximum Gasteiger partial charge on any atom is 0.143 e. The second-order valence-corrected chi connectivity index (χ2v) is 5.81. The van der Waals surface area contributed by atoms with Gasteiger partial charge in [-0.15, -0.1) is 0 Å². The van der Waals surface area contributed by atoms with Crippen molar-refractivity contribution in [1.82, 2.24) is 9.97 Å². The van der Waals surface area contributed by atoms with E-state index in [0.717, 1.165) is 46.6 Å². The molecule has 0 saturated heterocycles. The summed E-state index contributed by atoms with van der Waals surface area (Å²) in [6.45, 7) is 2.18. The molecule has 3 nitrogen and oxygen atoms in total. The fourth-order valence-electron chi connectivity index (χ4n) is 2.13. The van der Waals surface area contributed by atoms with E-state index < -0.39 is 0 Å². The first-order chi connectivity index (χ1) is 9.74. The molecule has 0 fully saturated rings.